The molecule has 2 heterocycles. The molecule has 1 aliphatic heterocycles. The van der Waals surface area contributed by atoms with Gasteiger partial charge >= 0.3 is 12.0 Å². The topological polar surface area (TPSA) is 251 Å². The number of carboxylic acid groups (broad SMARTS) is 1. The summed E-state index contributed by atoms with van der Waals surface area (Å²) >= 11 is 0. The Kier molecular flexibility index (Phi) is 18.4. The zero-order valence-corrected chi connectivity index (χ0v) is 37.5. The third kappa shape index (κ3) is 13.9. The minimum Gasteiger partial charge on any atom is -0.508 e. The fourth-order valence-electron chi connectivity index (χ4n) is 7.69. The van der Waals surface area contributed by atoms with Crippen molar-refractivity contribution in [1.82, 2.24) is 41.8 Å². The number of aliphatic carboxylic acids is 1. The van der Waals surface area contributed by atoms with Gasteiger partial charge in [-0.15, -0.1) is 0 Å². The number of aromatic nitrogens is 1. The number of phenols is 1. The molecule has 344 valence electrons. The standard InChI is InChI=1S/C46H66N8O9/c1-8-27(5)38-43(59)50-36(21-26(3)4)44(60)54(7)37(23-30-25-48-33-19-18-31(55)24-32(30)33)42(58)49-35(22-29-15-11-10-12-16-29)40(56)47-20-14-13-17-34(41(57)52-38)51-46(63)53-39(45(61)62)28(6)9-2/h10-12,15-16,18-19,24-28,34-39,48,55H,8-9,13-14,17,20-23H2,1-7H3,(H,47,56)(H,49,58)(H,50,59)(H,52,57)(H,61,62)(H2,51,53,63). The van der Waals surface area contributed by atoms with Gasteiger partial charge in [0.15, 0.2) is 0 Å². The molecule has 7 amide bonds. The monoisotopic (exact) mass is 874 g/mol. The fraction of sp³-hybridized carbons (Fsp3) is 0.543. The summed E-state index contributed by atoms with van der Waals surface area (Å²) in [6.45, 7) is 11.0. The van der Waals surface area contributed by atoms with E-state index in [1.807, 2.05) is 51.1 Å². The number of fused-ring (bicyclic) bond motifs is 1. The number of benzene rings is 2. The van der Waals surface area contributed by atoms with Crippen molar-refractivity contribution in [3.8, 4) is 5.75 Å². The number of H-pyrrole nitrogens is 1. The summed E-state index contributed by atoms with van der Waals surface area (Å²) in [5.74, 6) is -5.16. The lowest BCUT2D eigenvalue weighted by Crippen LogP contribution is -2.61. The maximum absolute atomic E-state index is 14.7. The molecule has 0 saturated carbocycles. The van der Waals surface area contributed by atoms with E-state index in [9.17, 15) is 43.8 Å². The van der Waals surface area contributed by atoms with Gasteiger partial charge in [-0.05, 0) is 72.8 Å². The number of carbonyl (C=O) groups is 7. The Bertz CT molecular complexity index is 2060. The molecule has 0 radical (unpaired) electrons. The van der Waals surface area contributed by atoms with Gasteiger partial charge in [-0.3, -0.25) is 24.0 Å². The Morgan fingerprint density at radius 1 is 0.841 bits per heavy atom. The summed E-state index contributed by atoms with van der Waals surface area (Å²) in [5.41, 5.74) is 2.10. The van der Waals surface area contributed by atoms with Gasteiger partial charge in [0.25, 0.3) is 0 Å². The summed E-state index contributed by atoms with van der Waals surface area (Å²) in [5, 5.41) is 37.4. The maximum atomic E-state index is 14.7. The number of carbonyl (C=O) groups excluding carboxylic acids is 6. The van der Waals surface area contributed by atoms with Crippen LogP contribution >= 0.6 is 0 Å². The van der Waals surface area contributed by atoms with Gasteiger partial charge in [-0.1, -0.05) is 84.7 Å². The SMILES string of the molecule is CCC(C)C(NC(=O)NC1CCCCNC(=O)C(Cc2ccccc2)NC(=O)C(Cc2c[nH]c3ccc(O)cc23)N(C)C(=O)C(CC(C)C)NC(=O)C(C(C)CC)NC1=O)C(=O)O. The zero-order chi connectivity index (χ0) is 46.4. The number of hydrogen-bond acceptors (Lipinski definition) is 8. The van der Waals surface area contributed by atoms with E-state index < -0.39 is 89.6 Å². The van der Waals surface area contributed by atoms with Crippen LogP contribution in [0, 0.1) is 17.8 Å². The lowest BCUT2D eigenvalue weighted by molar-refractivity contribution is -0.143. The molecule has 4 rings (SSSR count). The van der Waals surface area contributed by atoms with Gasteiger partial charge in [-0.25, -0.2) is 9.59 Å². The minimum atomic E-state index is -1.23. The first-order valence-corrected chi connectivity index (χ1v) is 22.0. The highest BCUT2D eigenvalue weighted by atomic mass is 16.4. The molecule has 0 aliphatic carbocycles. The van der Waals surface area contributed by atoms with Gasteiger partial charge < -0.3 is 52.0 Å². The van der Waals surface area contributed by atoms with Crippen LogP contribution in [0.1, 0.15) is 91.2 Å². The normalized spacial score (nSPS) is 22.6. The first-order chi connectivity index (χ1) is 29.9. The van der Waals surface area contributed by atoms with Crippen molar-refractivity contribution >= 4 is 52.4 Å². The molecule has 17 heteroatoms. The van der Waals surface area contributed by atoms with E-state index in [4.69, 9.17) is 0 Å². The maximum Gasteiger partial charge on any atom is 0.326 e. The molecule has 2 aromatic carbocycles. The molecule has 1 aromatic heterocycles. The highest BCUT2D eigenvalue weighted by Gasteiger charge is 2.38. The van der Waals surface area contributed by atoms with Crippen LogP contribution in [0.25, 0.3) is 10.9 Å². The van der Waals surface area contributed by atoms with Crippen molar-refractivity contribution in [3.63, 3.8) is 0 Å². The van der Waals surface area contributed by atoms with E-state index >= 15 is 0 Å². The molecular formula is C46H66N8O9. The second kappa shape index (κ2) is 23.4. The van der Waals surface area contributed by atoms with E-state index in [0.717, 1.165) is 5.56 Å². The smallest absolute Gasteiger partial charge is 0.326 e. The van der Waals surface area contributed by atoms with Crippen molar-refractivity contribution in [1.29, 1.82) is 0 Å². The lowest BCUT2D eigenvalue weighted by Gasteiger charge is -2.33. The number of aromatic hydroxyl groups is 1. The van der Waals surface area contributed by atoms with Gasteiger partial charge in [0.05, 0.1) is 0 Å². The molecule has 1 fully saturated rings. The number of nitrogens with zero attached hydrogens (tertiary/aromatic N) is 1. The number of phenolic OH excluding ortho intramolecular Hbond substituents is 1. The molecule has 1 saturated heterocycles. The predicted octanol–water partition coefficient (Wildman–Crippen LogP) is 3.50. The number of amides is 7. The van der Waals surface area contributed by atoms with Gasteiger partial charge in [0, 0.05) is 43.5 Å². The molecular weight excluding hydrogens is 809 g/mol. The van der Waals surface area contributed by atoms with Crippen molar-refractivity contribution in [2.45, 2.75) is 129 Å². The van der Waals surface area contributed by atoms with Gasteiger partial charge in [0.2, 0.25) is 29.5 Å². The van der Waals surface area contributed by atoms with E-state index in [1.165, 1.54) is 18.0 Å². The zero-order valence-electron chi connectivity index (χ0n) is 37.5. The Balaban J connectivity index is 1.76. The lowest BCUT2D eigenvalue weighted by atomic mass is 9.95. The third-order valence-electron chi connectivity index (χ3n) is 11.9. The Morgan fingerprint density at radius 2 is 1.54 bits per heavy atom. The molecule has 17 nitrogen and oxygen atoms in total. The number of likely N-dealkylation sites (N-methyl/N-ethyl adjacent to an activating group) is 1. The highest BCUT2D eigenvalue weighted by molar-refractivity contribution is 5.97. The van der Waals surface area contributed by atoms with E-state index in [1.54, 1.807) is 39.1 Å². The first-order valence-electron chi connectivity index (χ1n) is 22.0. The number of urea groups is 1. The molecule has 3 aromatic rings. The summed E-state index contributed by atoms with van der Waals surface area (Å²) in [7, 11) is 1.47. The predicted molar refractivity (Wildman–Crippen MR) is 238 cm³/mol. The highest BCUT2D eigenvalue weighted by Crippen LogP contribution is 2.25. The van der Waals surface area contributed by atoms with Crippen LogP contribution in [-0.4, -0.2) is 111 Å². The number of nitrogens with one attached hydrogen (secondary N) is 7. The number of carboxylic acids is 1. The number of hydrogen-bond donors (Lipinski definition) is 9. The van der Waals surface area contributed by atoms with E-state index in [0.29, 0.717) is 42.1 Å². The minimum absolute atomic E-state index is 0.0128. The first kappa shape index (κ1) is 49.5. The summed E-state index contributed by atoms with van der Waals surface area (Å²) < 4.78 is 0. The Hall–Kier alpha value is -6.13. The van der Waals surface area contributed by atoms with Crippen LogP contribution in [-0.2, 0) is 41.6 Å². The van der Waals surface area contributed by atoms with Crippen molar-refractivity contribution in [2.75, 3.05) is 13.6 Å². The quantitative estimate of drug-likeness (QED) is 0.122. The van der Waals surface area contributed by atoms with Crippen molar-refractivity contribution < 1.29 is 43.8 Å². The average Bonchev–Trinajstić information content (AvgIpc) is 3.65. The molecule has 0 spiro atoms. The second-order valence-corrected chi connectivity index (χ2v) is 17.2. The average molecular weight is 875 g/mol. The van der Waals surface area contributed by atoms with Gasteiger partial charge in [-0.2, -0.15) is 0 Å². The van der Waals surface area contributed by atoms with Crippen molar-refractivity contribution in [3.05, 3.63) is 65.9 Å². The summed E-state index contributed by atoms with van der Waals surface area (Å²) in [4.78, 5) is 101. The van der Waals surface area contributed by atoms with Crippen LogP contribution in [0.15, 0.2) is 54.7 Å². The summed E-state index contributed by atoms with van der Waals surface area (Å²) in [6, 6.07) is 6.10. The van der Waals surface area contributed by atoms with Crippen LogP contribution < -0.4 is 31.9 Å². The van der Waals surface area contributed by atoms with E-state index in [2.05, 4.69) is 36.9 Å². The molecule has 0 bridgehead atoms. The summed E-state index contributed by atoms with van der Waals surface area (Å²) in [6.07, 6.45) is 3.67. The molecule has 63 heavy (non-hydrogen) atoms. The van der Waals surface area contributed by atoms with Crippen LogP contribution in [0.3, 0.4) is 0 Å². The molecule has 1 aliphatic rings. The van der Waals surface area contributed by atoms with Crippen LogP contribution in [0.5, 0.6) is 5.75 Å². The molecule has 8 atom stereocenters. The van der Waals surface area contributed by atoms with Gasteiger partial charge in [0.1, 0.15) is 42.0 Å². The largest absolute Gasteiger partial charge is 0.508 e. The molecule has 9 N–H and O–H groups in total. The Morgan fingerprint density at radius 3 is 2.19 bits per heavy atom. The second-order valence-electron chi connectivity index (χ2n) is 17.2. The van der Waals surface area contributed by atoms with Crippen LogP contribution in [0.4, 0.5) is 4.79 Å². The third-order valence-corrected chi connectivity index (χ3v) is 11.9. The number of rotatable bonds is 13. The van der Waals surface area contributed by atoms with Crippen molar-refractivity contribution in [2.24, 2.45) is 17.8 Å². The fourth-order valence-corrected chi connectivity index (χ4v) is 7.69. The molecule has 8 unspecified atom stereocenters. The Labute approximate surface area is 369 Å². The van der Waals surface area contributed by atoms with E-state index in [-0.39, 0.29) is 43.9 Å². The van der Waals surface area contributed by atoms with Crippen LogP contribution in [0.2, 0.25) is 0 Å². The number of aromatic amines is 1.